The van der Waals surface area contributed by atoms with Crippen molar-refractivity contribution in [2.75, 3.05) is 31.9 Å². The number of nitrogen functional groups attached to an aromatic ring is 1. The molecule has 2 aliphatic heterocycles. The third-order valence-corrected chi connectivity index (χ3v) is 5.04. The molecule has 2 N–H and O–H groups in total. The largest absolute Gasteiger partial charge is 0.399 e. The SMILES string of the molecule is CC(C)(C(=O)N1CCN2CCCC2C1)c1ccc(N)cc1. The number of nitrogens with two attached hydrogens (primary N) is 1. The van der Waals surface area contributed by atoms with Crippen LogP contribution in [-0.4, -0.2) is 47.9 Å². The first kappa shape index (κ1) is 14.4. The molecule has 3 rings (SSSR count). The van der Waals surface area contributed by atoms with Gasteiger partial charge in [-0.25, -0.2) is 0 Å². The first-order valence-corrected chi connectivity index (χ1v) is 7.88. The van der Waals surface area contributed by atoms with Crippen molar-refractivity contribution < 1.29 is 4.79 Å². The topological polar surface area (TPSA) is 49.6 Å². The van der Waals surface area contributed by atoms with Crippen molar-refractivity contribution in [1.82, 2.24) is 9.80 Å². The lowest BCUT2D eigenvalue weighted by Crippen LogP contribution is -2.55. The Balaban J connectivity index is 1.75. The fourth-order valence-electron chi connectivity index (χ4n) is 3.59. The lowest BCUT2D eigenvalue weighted by atomic mass is 9.82. The van der Waals surface area contributed by atoms with Gasteiger partial charge in [-0.05, 0) is 50.9 Å². The van der Waals surface area contributed by atoms with Crippen molar-refractivity contribution in [3.8, 4) is 0 Å². The van der Waals surface area contributed by atoms with Gasteiger partial charge < -0.3 is 10.6 Å². The molecule has 0 aromatic heterocycles. The molecule has 1 amide bonds. The minimum absolute atomic E-state index is 0.235. The van der Waals surface area contributed by atoms with Crippen LogP contribution in [0, 0.1) is 0 Å². The third-order valence-electron chi connectivity index (χ3n) is 5.04. The summed E-state index contributed by atoms with van der Waals surface area (Å²) in [5, 5.41) is 0. The normalized spacial score (nSPS) is 23.1. The van der Waals surface area contributed by atoms with Crippen LogP contribution < -0.4 is 5.73 Å². The van der Waals surface area contributed by atoms with Crippen LogP contribution in [0.3, 0.4) is 0 Å². The maximum atomic E-state index is 13.0. The molecular weight excluding hydrogens is 262 g/mol. The molecule has 0 bridgehead atoms. The molecule has 0 aliphatic carbocycles. The van der Waals surface area contributed by atoms with Crippen LogP contribution in [0.5, 0.6) is 0 Å². The molecule has 21 heavy (non-hydrogen) atoms. The molecule has 0 saturated carbocycles. The third kappa shape index (κ3) is 2.64. The number of carbonyl (C=O) groups excluding carboxylic acids is 1. The van der Waals surface area contributed by atoms with Crippen molar-refractivity contribution in [3.05, 3.63) is 29.8 Å². The highest BCUT2D eigenvalue weighted by Crippen LogP contribution is 2.29. The monoisotopic (exact) mass is 287 g/mol. The Labute approximate surface area is 126 Å². The summed E-state index contributed by atoms with van der Waals surface area (Å²) in [7, 11) is 0. The number of hydrogen-bond acceptors (Lipinski definition) is 3. The molecule has 0 spiro atoms. The Kier molecular flexibility index (Phi) is 3.66. The van der Waals surface area contributed by atoms with Gasteiger partial charge in [0.2, 0.25) is 5.91 Å². The molecule has 2 saturated heterocycles. The smallest absolute Gasteiger partial charge is 0.232 e. The number of carbonyl (C=O) groups is 1. The number of benzene rings is 1. The molecule has 114 valence electrons. The minimum Gasteiger partial charge on any atom is -0.399 e. The molecule has 4 heteroatoms. The van der Waals surface area contributed by atoms with Gasteiger partial charge in [-0.3, -0.25) is 9.69 Å². The summed E-state index contributed by atoms with van der Waals surface area (Å²) < 4.78 is 0. The van der Waals surface area contributed by atoms with Gasteiger partial charge in [0.15, 0.2) is 0 Å². The molecule has 1 atom stereocenters. The quantitative estimate of drug-likeness (QED) is 0.845. The van der Waals surface area contributed by atoms with Gasteiger partial charge in [-0.1, -0.05) is 12.1 Å². The van der Waals surface area contributed by atoms with Crippen molar-refractivity contribution in [2.45, 2.75) is 38.1 Å². The molecule has 1 unspecified atom stereocenters. The Hall–Kier alpha value is -1.55. The van der Waals surface area contributed by atoms with Gasteiger partial charge in [0.1, 0.15) is 0 Å². The van der Waals surface area contributed by atoms with E-state index in [4.69, 9.17) is 5.73 Å². The van der Waals surface area contributed by atoms with Gasteiger partial charge in [0.05, 0.1) is 5.41 Å². The maximum Gasteiger partial charge on any atom is 0.232 e. The number of amides is 1. The molecule has 2 heterocycles. The number of piperazine rings is 1. The highest BCUT2D eigenvalue weighted by Gasteiger charge is 2.38. The summed E-state index contributed by atoms with van der Waals surface area (Å²) in [4.78, 5) is 17.6. The number of nitrogens with zero attached hydrogens (tertiary/aromatic N) is 2. The second-order valence-electron chi connectivity index (χ2n) is 6.83. The Morgan fingerprint density at radius 2 is 1.90 bits per heavy atom. The predicted molar refractivity (Wildman–Crippen MR) is 85.1 cm³/mol. The molecule has 4 nitrogen and oxygen atoms in total. The number of rotatable bonds is 2. The lowest BCUT2D eigenvalue weighted by Gasteiger charge is -2.41. The molecule has 2 fully saturated rings. The predicted octanol–water partition coefficient (Wildman–Crippen LogP) is 1.85. The molecule has 1 aromatic rings. The second-order valence-corrected chi connectivity index (χ2v) is 6.83. The van der Waals surface area contributed by atoms with E-state index in [1.807, 2.05) is 38.1 Å². The van der Waals surface area contributed by atoms with E-state index in [2.05, 4.69) is 9.80 Å². The van der Waals surface area contributed by atoms with Crippen LogP contribution in [0.15, 0.2) is 24.3 Å². The number of anilines is 1. The number of hydrogen-bond donors (Lipinski definition) is 1. The summed E-state index contributed by atoms with van der Waals surface area (Å²) in [6, 6.07) is 8.27. The summed E-state index contributed by atoms with van der Waals surface area (Å²) in [6.45, 7) is 8.00. The Morgan fingerprint density at radius 1 is 1.19 bits per heavy atom. The highest BCUT2D eigenvalue weighted by molar-refractivity contribution is 5.87. The highest BCUT2D eigenvalue weighted by atomic mass is 16.2. The molecule has 1 aromatic carbocycles. The Morgan fingerprint density at radius 3 is 2.62 bits per heavy atom. The molecular formula is C17H25N3O. The Bertz CT molecular complexity index is 523. The van der Waals surface area contributed by atoms with Crippen molar-refractivity contribution in [1.29, 1.82) is 0 Å². The second kappa shape index (κ2) is 5.34. The van der Waals surface area contributed by atoms with Crippen LogP contribution in [-0.2, 0) is 10.2 Å². The average Bonchev–Trinajstić information content (AvgIpc) is 2.94. The standard InChI is InChI=1S/C17H25N3O/c1-17(2,13-5-7-14(18)8-6-13)16(21)20-11-10-19-9-3-4-15(19)12-20/h5-8,15H,3-4,9-12,18H2,1-2H3. The van der Waals surface area contributed by atoms with Gasteiger partial charge in [-0.15, -0.1) is 0 Å². The van der Waals surface area contributed by atoms with E-state index < -0.39 is 5.41 Å². The summed E-state index contributed by atoms with van der Waals surface area (Å²) >= 11 is 0. The lowest BCUT2D eigenvalue weighted by molar-refractivity contribution is -0.138. The van der Waals surface area contributed by atoms with E-state index in [-0.39, 0.29) is 5.91 Å². The van der Waals surface area contributed by atoms with Crippen LogP contribution in [0.25, 0.3) is 0 Å². The minimum atomic E-state index is -0.492. The van der Waals surface area contributed by atoms with Crippen molar-refractivity contribution >= 4 is 11.6 Å². The zero-order chi connectivity index (χ0) is 15.0. The fourth-order valence-corrected chi connectivity index (χ4v) is 3.59. The summed E-state index contributed by atoms with van der Waals surface area (Å²) in [5.74, 6) is 0.235. The number of fused-ring (bicyclic) bond motifs is 1. The zero-order valence-corrected chi connectivity index (χ0v) is 13.0. The van der Waals surface area contributed by atoms with Gasteiger partial charge in [-0.2, -0.15) is 0 Å². The van der Waals surface area contributed by atoms with E-state index >= 15 is 0 Å². The summed E-state index contributed by atoms with van der Waals surface area (Å²) in [5.41, 5.74) is 7.03. The van der Waals surface area contributed by atoms with Crippen LogP contribution in [0.1, 0.15) is 32.3 Å². The van der Waals surface area contributed by atoms with Gasteiger partial charge in [0, 0.05) is 31.4 Å². The fraction of sp³-hybridized carbons (Fsp3) is 0.588. The van der Waals surface area contributed by atoms with Gasteiger partial charge in [0.25, 0.3) is 0 Å². The van der Waals surface area contributed by atoms with E-state index in [0.717, 1.165) is 30.9 Å². The average molecular weight is 287 g/mol. The van der Waals surface area contributed by atoms with E-state index in [9.17, 15) is 4.79 Å². The van der Waals surface area contributed by atoms with Crippen LogP contribution in [0.4, 0.5) is 5.69 Å². The molecule has 0 radical (unpaired) electrons. The molecule has 2 aliphatic rings. The summed E-state index contributed by atoms with van der Waals surface area (Å²) in [6.07, 6.45) is 2.50. The van der Waals surface area contributed by atoms with E-state index in [0.29, 0.717) is 6.04 Å². The van der Waals surface area contributed by atoms with Crippen LogP contribution >= 0.6 is 0 Å². The van der Waals surface area contributed by atoms with E-state index in [1.165, 1.54) is 19.4 Å². The maximum absolute atomic E-state index is 13.0. The first-order valence-electron chi connectivity index (χ1n) is 7.88. The zero-order valence-electron chi connectivity index (χ0n) is 13.0. The van der Waals surface area contributed by atoms with Crippen LogP contribution in [0.2, 0.25) is 0 Å². The van der Waals surface area contributed by atoms with Crippen molar-refractivity contribution in [3.63, 3.8) is 0 Å². The van der Waals surface area contributed by atoms with Gasteiger partial charge >= 0.3 is 0 Å². The van der Waals surface area contributed by atoms with Crippen molar-refractivity contribution in [2.24, 2.45) is 0 Å². The first-order chi connectivity index (χ1) is 9.98. The van der Waals surface area contributed by atoms with E-state index in [1.54, 1.807) is 0 Å².